The zero-order valence-corrected chi connectivity index (χ0v) is 13.1. The van der Waals surface area contributed by atoms with Crippen molar-refractivity contribution in [2.24, 2.45) is 0 Å². The number of nitrogens with zero attached hydrogens (tertiary/aromatic N) is 1. The van der Waals surface area contributed by atoms with Crippen molar-refractivity contribution in [2.45, 2.75) is 19.0 Å². The zero-order chi connectivity index (χ0) is 14.7. The van der Waals surface area contributed by atoms with Gasteiger partial charge < -0.3 is 4.42 Å². The van der Waals surface area contributed by atoms with Crippen molar-refractivity contribution in [1.82, 2.24) is 10.3 Å². The molecule has 5 heteroatoms. The average Bonchev–Trinajstić information content (AvgIpc) is 3.17. The minimum Gasteiger partial charge on any atom is -0.467 e. The molecule has 0 bridgehead atoms. The fraction of sp³-hybridized carbons (Fsp3) is 0.188. The van der Waals surface area contributed by atoms with Gasteiger partial charge in [0.25, 0.3) is 0 Å². The molecule has 1 N–H and O–H groups in total. The lowest BCUT2D eigenvalue weighted by molar-refractivity contribution is 0.419. The van der Waals surface area contributed by atoms with E-state index >= 15 is 0 Å². The van der Waals surface area contributed by atoms with Crippen LogP contribution in [0.2, 0.25) is 4.34 Å². The Morgan fingerprint density at radius 1 is 1.19 bits per heavy atom. The third kappa shape index (κ3) is 3.35. The van der Waals surface area contributed by atoms with Crippen LogP contribution in [0.3, 0.4) is 0 Å². The fourth-order valence-electron chi connectivity index (χ4n) is 2.21. The van der Waals surface area contributed by atoms with Crippen LogP contribution < -0.4 is 5.32 Å². The Morgan fingerprint density at radius 2 is 2.10 bits per heavy atom. The molecule has 2 atom stereocenters. The van der Waals surface area contributed by atoms with Crippen LogP contribution in [0.15, 0.2) is 59.3 Å². The monoisotopic (exact) mass is 318 g/mol. The molecule has 0 fully saturated rings. The normalized spacial score (nSPS) is 14.0. The van der Waals surface area contributed by atoms with Gasteiger partial charge in [-0.15, -0.1) is 11.3 Å². The molecule has 0 radical (unpaired) electrons. The molecule has 0 saturated heterocycles. The molecule has 3 aromatic heterocycles. The summed E-state index contributed by atoms with van der Waals surface area (Å²) in [6.07, 6.45) is 3.49. The lowest BCUT2D eigenvalue weighted by atomic mass is 10.1. The van der Waals surface area contributed by atoms with Crippen molar-refractivity contribution >= 4 is 22.9 Å². The van der Waals surface area contributed by atoms with Gasteiger partial charge in [0.2, 0.25) is 0 Å². The van der Waals surface area contributed by atoms with Crippen molar-refractivity contribution < 1.29 is 4.42 Å². The molecule has 3 nitrogen and oxygen atoms in total. The van der Waals surface area contributed by atoms with E-state index in [1.165, 1.54) is 0 Å². The third-order valence-electron chi connectivity index (χ3n) is 3.25. The molecule has 0 amide bonds. The molecule has 0 aromatic carbocycles. The van der Waals surface area contributed by atoms with E-state index in [-0.39, 0.29) is 12.1 Å². The largest absolute Gasteiger partial charge is 0.467 e. The maximum atomic E-state index is 6.07. The Morgan fingerprint density at radius 3 is 2.71 bits per heavy atom. The van der Waals surface area contributed by atoms with Gasteiger partial charge in [-0.25, -0.2) is 0 Å². The number of thiophene rings is 1. The molecule has 0 spiro atoms. The Balaban J connectivity index is 1.86. The first-order valence-electron chi connectivity index (χ1n) is 6.69. The van der Waals surface area contributed by atoms with Gasteiger partial charge in [0, 0.05) is 17.1 Å². The van der Waals surface area contributed by atoms with E-state index in [2.05, 4.69) is 17.2 Å². The highest BCUT2D eigenvalue weighted by Gasteiger charge is 2.21. The summed E-state index contributed by atoms with van der Waals surface area (Å²) in [5, 5.41) is 3.56. The Hall–Kier alpha value is -1.62. The lowest BCUT2D eigenvalue weighted by Crippen LogP contribution is -2.25. The summed E-state index contributed by atoms with van der Waals surface area (Å²) >= 11 is 7.62. The van der Waals surface area contributed by atoms with E-state index in [9.17, 15) is 0 Å². The zero-order valence-electron chi connectivity index (χ0n) is 11.5. The molecule has 108 valence electrons. The number of rotatable bonds is 5. The molecule has 3 heterocycles. The molecule has 2 unspecified atom stereocenters. The fourth-order valence-corrected chi connectivity index (χ4v) is 3.34. The predicted molar refractivity (Wildman–Crippen MR) is 85.7 cm³/mol. The lowest BCUT2D eigenvalue weighted by Gasteiger charge is -2.20. The van der Waals surface area contributed by atoms with E-state index < -0.39 is 0 Å². The molecule has 0 saturated carbocycles. The molecule has 3 rings (SSSR count). The summed E-state index contributed by atoms with van der Waals surface area (Å²) in [5.74, 6) is 0.872. The smallest absolute Gasteiger partial charge is 0.126 e. The van der Waals surface area contributed by atoms with Crippen LogP contribution in [0.25, 0.3) is 0 Å². The molecular weight excluding hydrogens is 304 g/mol. The molecule has 3 aromatic rings. The number of nitrogens with one attached hydrogen (secondary N) is 1. The van der Waals surface area contributed by atoms with Gasteiger partial charge in [0.15, 0.2) is 0 Å². The second-order valence-corrected chi connectivity index (χ2v) is 6.48. The number of halogens is 1. The van der Waals surface area contributed by atoms with Crippen LogP contribution in [-0.4, -0.2) is 4.98 Å². The van der Waals surface area contributed by atoms with Crippen LogP contribution in [0.1, 0.15) is 35.3 Å². The van der Waals surface area contributed by atoms with Crippen LogP contribution in [0, 0.1) is 0 Å². The highest BCUT2D eigenvalue weighted by atomic mass is 35.5. The summed E-state index contributed by atoms with van der Waals surface area (Å²) in [6, 6.07) is 13.8. The minimum absolute atomic E-state index is 0.0329. The van der Waals surface area contributed by atoms with Gasteiger partial charge in [-0.3, -0.25) is 10.3 Å². The second kappa shape index (κ2) is 6.43. The van der Waals surface area contributed by atoms with Crippen LogP contribution in [0.4, 0.5) is 0 Å². The predicted octanol–water partition coefficient (Wildman–Crippen LogP) is 4.83. The van der Waals surface area contributed by atoms with E-state index in [0.717, 1.165) is 20.7 Å². The van der Waals surface area contributed by atoms with Crippen molar-refractivity contribution in [2.75, 3.05) is 0 Å². The van der Waals surface area contributed by atoms with Gasteiger partial charge in [0.05, 0.1) is 16.3 Å². The Bertz CT molecular complexity index is 681. The summed E-state index contributed by atoms with van der Waals surface area (Å²) in [7, 11) is 0. The van der Waals surface area contributed by atoms with Crippen LogP contribution in [0.5, 0.6) is 0 Å². The van der Waals surface area contributed by atoms with E-state index in [1.54, 1.807) is 23.8 Å². The van der Waals surface area contributed by atoms with E-state index in [4.69, 9.17) is 16.0 Å². The maximum absolute atomic E-state index is 6.07. The number of hydrogen-bond acceptors (Lipinski definition) is 4. The molecular formula is C16H15ClN2OS. The highest BCUT2D eigenvalue weighted by Crippen LogP contribution is 2.32. The Labute approximate surface area is 132 Å². The van der Waals surface area contributed by atoms with Crippen LogP contribution in [-0.2, 0) is 0 Å². The van der Waals surface area contributed by atoms with Crippen molar-refractivity contribution in [1.29, 1.82) is 0 Å². The van der Waals surface area contributed by atoms with Crippen molar-refractivity contribution in [3.63, 3.8) is 0 Å². The summed E-state index contributed by atoms with van der Waals surface area (Å²) < 4.78 is 6.35. The van der Waals surface area contributed by atoms with Crippen LogP contribution >= 0.6 is 22.9 Å². The van der Waals surface area contributed by atoms with Gasteiger partial charge >= 0.3 is 0 Å². The summed E-state index contributed by atoms with van der Waals surface area (Å²) in [5.41, 5.74) is 0.997. The number of pyridine rings is 1. The van der Waals surface area contributed by atoms with E-state index in [0.29, 0.717) is 0 Å². The standard InChI is InChI=1S/C16H15ClN2OS/c1-11(12-5-2-3-9-18-12)19-16(13-6-4-10-20-13)14-7-8-15(17)21-14/h2-11,16,19H,1H3. The quantitative estimate of drug-likeness (QED) is 0.732. The molecule has 21 heavy (non-hydrogen) atoms. The second-order valence-electron chi connectivity index (χ2n) is 4.73. The number of aromatic nitrogens is 1. The minimum atomic E-state index is -0.0329. The SMILES string of the molecule is CC(NC(c1ccco1)c1ccc(Cl)s1)c1ccccn1. The van der Waals surface area contributed by atoms with E-state index in [1.807, 2.05) is 42.5 Å². The van der Waals surface area contributed by atoms with Crippen molar-refractivity contribution in [3.05, 3.63) is 75.6 Å². The first-order chi connectivity index (χ1) is 10.2. The molecule has 0 aliphatic heterocycles. The Kier molecular flexibility index (Phi) is 4.39. The van der Waals surface area contributed by atoms with Gasteiger partial charge in [-0.1, -0.05) is 17.7 Å². The topological polar surface area (TPSA) is 38.1 Å². The van der Waals surface area contributed by atoms with Gasteiger partial charge in [-0.2, -0.15) is 0 Å². The number of hydrogen-bond donors (Lipinski definition) is 1. The molecule has 0 aliphatic rings. The first-order valence-corrected chi connectivity index (χ1v) is 7.89. The molecule has 0 aliphatic carbocycles. The maximum Gasteiger partial charge on any atom is 0.126 e. The van der Waals surface area contributed by atoms with Gasteiger partial charge in [0.1, 0.15) is 11.8 Å². The summed E-state index contributed by atoms with van der Waals surface area (Å²) in [6.45, 7) is 2.09. The highest BCUT2D eigenvalue weighted by molar-refractivity contribution is 7.16. The van der Waals surface area contributed by atoms with Gasteiger partial charge in [-0.05, 0) is 43.3 Å². The van der Waals surface area contributed by atoms with Crippen molar-refractivity contribution in [3.8, 4) is 0 Å². The number of furan rings is 1. The summed E-state index contributed by atoms with van der Waals surface area (Å²) in [4.78, 5) is 5.52. The average molecular weight is 319 g/mol. The third-order valence-corrected chi connectivity index (χ3v) is 4.55. The first kappa shape index (κ1) is 14.3.